The number of rotatable bonds is 3. The third-order valence-electron chi connectivity index (χ3n) is 2.03. The highest BCUT2D eigenvalue weighted by Gasteiger charge is 1.95. The second-order valence-corrected chi connectivity index (χ2v) is 3.03. The molecule has 1 rings (SSSR count). The van der Waals surface area contributed by atoms with Crippen molar-refractivity contribution in [3.05, 3.63) is 41.7 Å². The quantitative estimate of drug-likeness (QED) is 0.681. The fourth-order valence-corrected chi connectivity index (χ4v) is 1.06. The van der Waals surface area contributed by atoms with Crippen molar-refractivity contribution in [1.82, 2.24) is 4.98 Å². The van der Waals surface area contributed by atoms with Gasteiger partial charge < -0.3 is 0 Å². The van der Waals surface area contributed by atoms with Crippen LogP contribution < -0.4 is 0 Å². The van der Waals surface area contributed by atoms with E-state index in [4.69, 9.17) is 0 Å². The maximum atomic E-state index is 4.29. The van der Waals surface area contributed by atoms with Crippen molar-refractivity contribution in [1.29, 1.82) is 0 Å². The fourth-order valence-electron chi connectivity index (χ4n) is 1.06. The van der Waals surface area contributed by atoms with Crippen LogP contribution in [0.5, 0.6) is 0 Å². The van der Waals surface area contributed by atoms with E-state index in [9.17, 15) is 0 Å². The van der Waals surface area contributed by atoms with E-state index in [1.165, 1.54) is 5.57 Å². The van der Waals surface area contributed by atoms with Crippen LogP contribution in [0.1, 0.15) is 31.5 Å². The van der Waals surface area contributed by atoms with Crippen LogP contribution in [0.2, 0.25) is 0 Å². The Morgan fingerprint density at radius 2 is 2.38 bits per heavy atom. The molecule has 0 N–H and O–H groups in total. The van der Waals surface area contributed by atoms with Crippen LogP contribution in [0, 0.1) is 0 Å². The fraction of sp³-hybridized carbons (Fsp3) is 0.250. The number of allylic oxidation sites excluding steroid dienone is 1. The standard InChI is InChI=1S/C12H15N/c1-4-10(3)9-12-11(5-2)7-6-8-13-12/h5-9H,2,4H2,1,3H3/b10-9+. The predicted molar refractivity (Wildman–Crippen MR) is 58.3 cm³/mol. The van der Waals surface area contributed by atoms with Crippen LogP contribution in [0.25, 0.3) is 12.2 Å². The summed E-state index contributed by atoms with van der Waals surface area (Å²) < 4.78 is 0. The van der Waals surface area contributed by atoms with Gasteiger partial charge in [-0.1, -0.05) is 31.2 Å². The zero-order valence-electron chi connectivity index (χ0n) is 8.25. The zero-order valence-corrected chi connectivity index (χ0v) is 8.25. The molecule has 0 amide bonds. The molecule has 1 heterocycles. The van der Waals surface area contributed by atoms with E-state index < -0.39 is 0 Å². The summed E-state index contributed by atoms with van der Waals surface area (Å²) in [4.78, 5) is 4.29. The van der Waals surface area contributed by atoms with Gasteiger partial charge in [0.2, 0.25) is 0 Å². The van der Waals surface area contributed by atoms with Gasteiger partial charge in [0.1, 0.15) is 0 Å². The highest BCUT2D eigenvalue weighted by atomic mass is 14.7. The Morgan fingerprint density at radius 1 is 1.62 bits per heavy atom. The lowest BCUT2D eigenvalue weighted by atomic mass is 10.1. The van der Waals surface area contributed by atoms with Crippen molar-refractivity contribution in [2.75, 3.05) is 0 Å². The van der Waals surface area contributed by atoms with Gasteiger partial charge in [-0.25, -0.2) is 0 Å². The summed E-state index contributed by atoms with van der Waals surface area (Å²) in [5.41, 5.74) is 3.44. The monoisotopic (exact) mass is 173 g/mol. The topological polar surface area (TPSA) is 12.9 Å². The summed E-state index contributed by atoms with van der Waals surface area (Å²) in [6.07, 6.45) is 6.81. The van der Waals surface area contributed by atoms with E-state index in [0.717, 1.165) is 17.7 Å². The molecular formula is C12H15N. The Kier molecular flexibility index (Phi) is 3.44. The molecule has 0 saturated heterocycles. The first kappa shape index (κ1) is 9.72. The molecule has 0 fully saturated rings. The van der Waals surface area contributed by atoms with Crippen LogP contribution in [0.4, 0.5) is 0 Å². The predicted octanol–water partition coefficient (Wildman–Crippen LogP) is 3.54. The molecule has 0 aliphatic heterocycles. The Labute approximate surface area is 79.8 Å². The molecule has 0 unspecified atom stereocenters. The molecule has 13 heavy (non-hydrogen) atoms. The minimum atomic E-state index is 1.01. The number of hydrogen-bond acceptors (Lipinski definition) is 1. The lowest BCUT2D eigenvalue weighted by Crippen LogP contribution is -1.85. The van der Waals surface area contributed by atoms with Gasteiger partial charge in [0, 0.05) is 6.20 Å². The summed E-state index contributed by atoms with van der Waals surface area (Å²) in [6.45, 7) is 8.01. The first-order chi connectivity index (χ1) is 6.27. The van der Waals surface area contributed by atoms with E-state index in [-0.39, 0.29) is 0 Å². The second kappa shape index (κ2) is 4.61. The molecule has 0 atom stereocenters. The first-order valence-corrected chi connectivity index (χ1v) is 4.52. The van der Waals surface area contributed by atoms with Crippen LogP contribution >= 0.6 is 0 Å². The van der Waals surface area contributed by atoms with Gasteiger partial charge in [0.15, 0.2) is 0 Å². The molecule has 1 heteroatoms. The minimum Gasteiger partial charge on any atom is -0.256 e. The SMILES string of the molecule is C=Cc1cccnc1/C=C(\C)CC. The maximum Gasteiger partial charge on any atom is 0.0701 e. The van der Waals surface area contributed by atoms with E-state index >= 15 is 0 Å². The highest BCUT2D eigenvalue weighted by molar-refractivity contribution is 5.62. The number of aromatic nitrogens is 1. The summed E-state index contributed by atoms with van der Waals surface area (Å²) in [6, 6.07) is 3.95. The molecule has 0 aliphatic rings. The van der Waals surface area contributed by atoms with E-state index in [0.29, 0.717) is 0 Å². The van der Waals surface area contributed by atoms with Gasteiger partial charge in [-0.15, -0.1) is 0 Å². The first-order valence-electron chi connectivity index (χ1n) is 4.52. The Hall–Kier alpha value is -1.37. The van der Waals surface area contributed by atoms with Crippen molar-refractivity contribution >= 4 is 12.2 Å². The van der Waals surface area contributed by atoms with E-state index in [1.807, 2.05) is 24.4 Å². The lowest BCUT2D eigenvalue weighted by Gasteiger charge is -2.00. The summed E-state index contributed by atoms with van der Waals surface area (Å²) in [7, 11) is 0. The van der Waals surface area contributed by atoms with Crippen LogP contribution in [0.3, 0.4) is 0 Å². The van der Waals surface area contributed by atoms with Gasteiger partial charge in [0.05, 0.1) is 5.69 Å². The van der Waals surface area contributed by atoms with Crippen molar-refractivity contribution < 1.29 is 0 Å². The number of nitrogens with zero attached hydrogens (tertiary/aromatic N) is 1. The van der Waals surface area contributed by atoms with Gasteiger partial charge in [-0.3, -0.25) is 4.98 Å². The molecule has 1 aromatic rings. The van der Waals surface area contributed by atoms with Crippen LogP contribution in [0.15, 0.2) is 30.5 Å². The van der Waals surface area contributed by atoms with Gasteiger partial charge in [-0.2, -0.15) is 0 Å². The second-order valence-electron chi connectivity index (χ2n) is 3.03. The molecule has 0 aromatic carbocycles. The molecule has 0 radical (unpaired) electrons. The lowest BCUT2D eigenvalue weighted by molar-refractivity contribution is 1.11. The summed E-state index contributed by atoms with van der Waals surface area (Å²) in [5, 5.41) is 0. The smallest absolute Gasteiger partial charge is 0.0701 e. The van der Waals surface area contributed by atoms with Crippen molar-refractivity contribution in [2.24, 2.45) is 0 Å². The summed E-state index contributed by atoms with van der Waals surface area (Å²) >= 11 is 0. The Balaban J connectivity index is 3.06. The molecule has 0 bridgehead atoms. The normalized spacial score (nSPS) is 11.4. The van der Waals surface area contributed by atoms with Crippen molar-refractivity contribution in [3.8, 4) is 0 Å². The van der Waals surface area contributed by atoms with E-state index in [2.05, 4.69) is 31.5 Å². The molecule has 68 valence electrons. The largest absolute Gasteiger partial charge is 0.256 e. The van der Waals surface area contributed by atoms with Crippen molar-refractivity contribution in [2.45, 2.75) is 20.3 Å². The van der Waals surface area contributed by atoms with Crippen molar-refractivity contribution in [3.63, 3.8) is 0 Å². The highest BCUT2D eigenvalue weighted by Crippen LogP contribution is 2.12. The zero-order chi connectivity index (χ0) is 9.68. The molecule has 0 spiro atoms. The maximum absolute atomic E-state index is 4.29. The third kappa shape index (κ3) is 2.55. The van der Waals surface area contributed by atoms with Crippen LogP contribution in [-0.4, -0.2) is 4.98 Å². The van der Waals surface area contributed by atoms with Gasteiger partial charge >= 0.3 is 0 Å². The number of hydrogen-bond donors (Lipinski definition) is 0. The van der Waals surface area contributed by atoms with Crippen LogP contribution in [-0.2, 0) is 0 Å². The molecule has 1 nitrogen and oxygen atoms in total. The number of pyridine rings is 1. The Morgan fingerprint density at radius 3 is 3.00 bits per heavy atom. The Bertz CT molecular complexity index is 324. The molecule has 1 aromatic heterocycles. The summed E-state index contributed by atoms with van der Waals surface area (Å²) in [5.74, 6) is 0. The van der Waals surface area contributed by atoms with Gasteiger partial charge in [0.25, 0.3) is 0 Å². The third-order valence-corrected chi connectivity index (χ3v) is 2.03. The molecular weight excluding hydrogens is 158 g/mol. The van der Waals surface area contributed by atoms with E-state index in [1.54, 1.807) is 0 Å². The molecule has 0 saturated carbocycles. The molecule has 0 aliphatic carbocycles. The minimum absolute atomic E-state index is 1.01. The van der Waals surface area contributed by atoms with Gasteiger partial charge in [-0.05, 0) is 31.1 Å². The average molecular weight is 173 g/mol. The average Bonchev–Trinajstić information content (AvgIpc) is 2.18.